The van der Waals surface area contributed by atoms with Crippen LogP contribution in [0.5, 0.6) is 0 Å². The Bertz CT molecular complexity index is 626. The molecule has 8 heteroatoms. The summed E-state index contributed by atoms with van der Waals surface area (Å²) < 4.78 is 4.21. The van der Waals surface area contributed by atoms with Crippen molar-refractivity contribution in [2.45, 2.75) is 43.8 Å². The van der Waals surface area contributed by atoms with E-state index < -0.39 is 24.3 Å². The fraction of sp³-hybridized carbons (Fsp3) is 0.929. The van der Waals surface area contributed by atoms with E-state index >= 15 is 0 Å². The van der Waals surface area contributed by atoms with Crippen molar-refractivity contribution >= 4 is 75.6 Å². The van der Waals surface area contributed by atoms with Crippen LogP contribution < -0.4 is 0 Å². The molecule has 0 radical (unpaired) electrons. The van der Waals surface area contributed by atoms with Gasteiger partial charge in [0.1, 0.15) is 15.9 Å². The first-order valence-corrected chi connectivity index (χ1v) is 9.64. The molecule has 0 aromatic rings. The third-order valence-corrected chi connectivity index (χ3v) is 12.0. The average molecular weight is 425 g/mol. The maximum absolute atomic E-state index is 11.5. The summed E-state index contributed by atoms with van der Waals surface area (Å²) in [5.74, 6) is -0.251. The lowest BCUT2D eigenvalue weighted by atomic mass is 9.76. The molecule has 122 valence electrons. The van der Waals surface area contributed by atoms with Crippen LogP contribution in [0.3, 0.4) is 0 Å². The van der Waals surface area contributed by atoms with Crippen LogP contribution in [0.15, 0.2) is 0 Å². The summed E-state index contributed by atoms with van der Waals surface area (Å²) >= 11 is 41.1. The van der Waals surface area contributed by atoms with Crippen LogP contribution in [0.25, 0.3) is 0 Å². The highest BCUT2D eigenvalue weighted by atomic mass is 35.5. The average Bonchev–Trinajstić information content (AvgIpc) is 3.04. The quantitative estimate of drug-likeness (QED) is 0.466. The minimum absolute atomic E-state index is 0.0241. The molecule has 0 aromatic heterocycles. The number of rotatable bonds is 1. The van der Waals surface area contributed by atoms with Crippen molar-refractivity contribution in [2.24, 2.45) is 29.6 Å². The molecule has 0 aliphatic heterocycles. The van der Waals surface area contributed by atoms with E-state index in [0.29, 0.717) is 0 Å². The maximum Gasteiger partial charge on any atom is 0.302 e. The Morgan fingerprint density at radius 1 is 1.00 bits per heavy atom. The number of carbonyl (C=O) groups is 1. The SMILES string of the molecule is CC(=O)O[C@H]1C2[C@@H]3C[C@H]1[C@H]1[C@@H]3[C@]3(Cl)C(Cl)(Cl)[C@@]1(Cl)[C@@H](Cl)[C@@]23Cl. The summed E-state index contributed by atoms with van der Waals surface area (Å²) in [6.45, 7) is 1.40. The molecule has 5 aliphatic carbocycles. The van der Waals surface area contributed by atoms with Gasteiger partial charge < -0.3 is 4.74 Å². The van der Waals surface area contributed by atoms with E-state index in [0.717, 1.165) is 6.42 Å². The van der Waals surface area contributed by atoms with Crippen molar-refractivity contribution in [2.75, 3.05) is 0 Å². The summed E-state index contributed by atoms with van der Waals surface area (Å²) in [6.07, 6.45) is 0.594. The first-order chi connectivity index (χ1) is 10.1. The molecule has 4 bridgehead atoms. The van der Waals surface area contributed by atoms with E-state index in [1.165, 1.54) is 6.92 Å². The molecular weight excluding hydrogens is 413 g/mol. The third kappa shape index (κ3) is 1.06. The molecule has 0 N–H and O–H groups in total. The number of ether oxygens (including phenoxy) is 1. The number of hydrogen-bond acceptors (Lipinski definition) is 2. The Morgan fingerprint density at radius 3 is 2.23 bits per heavy atom. The molecule has 5 fully saturated rings. The molecule has 0 saturated heterocycles. The Hall–Kier alpha value is 1.21. The third-order valence-electron chi connectivity index (χ3n) is 7.06. The minimum atomic E-state index is -1.40. The number of fused-ring (bicyclic) bond motifs is 5. The molecule has 2 nitrogen and oxygen atoms in total. The van der Waals surface area contributed by atoms with Gasteiger partial charge in [-0.1, -0.05) is 23.2 Å². The van der Waals surface area contributed by atoms with E-state index in [4.69, 9.17) is 74.3 Å². The standard InChI is InChI=1S/C14H12Cl6O2/c1-3(21)22-9-5-2-4-7-6(5)12(17)10(15)11(16,8(4)9)13(7,18)14(12,19)20/h4-10H,2H2,1H3/t4-,5+,6+,7-,8?,9-,10+,11+,12+,13-/m1/s1. The zero-order valence-electron chi connectivity index (χ0n) is 11.3. The van der Waals surface area contributed by atoms with Gasteiger partial charge in [-0.05, 0) is 24.2 Å². The Morgan fingerprint density at radius 2 is 1.64 bits per heavy atom. The van der Waals surface area contributed by atoms with Crippen LogP contribution in [0.1, 0.15) is 13.3 Å². The van der Waals surface area contributed by atoms with Crippen molar-refractivity contribution in [3.8, 4) is 0 Å². The minimum Gasteiger partial charge on any atom is -0.462 e. The number of esters is 1. The van der Waals surface area contributed by atoms with Gasteiger partial charge in [0.15, 0.2) is 4.33 Å². The zero-order chi connectivity index (χ0) is 16.0. The van der Waals surface area contributed by atoms with Crippen molar-refractivity contribution in [1.29, 1.82) is 0 Å². The van der Waals surface area contributed by atoms with E-state index in [1.807, 2.05) is 0 Å². The van der Waals surface area contributed by atoms with Gasteiger partial charge in [0, 0.05) is 18.8 Å². The largest absolute Gasteiger partial charge is 0.462 e. The normalized spacial score (nSPS) is 68.2. The lowest BCUT2D eigenvalue weighted by Gasteiger charge is -2.41. The van der Waals surface area contributed by atoms with Crippen molar-refractivity contribution < 1.29 is 9.53 Å². The summed E-state index contributed by atoms with van der Waals surface area (Å²) in [4.78, 5) is 8.27. The maximum atomic E-state index is 11.5. The van der Waals surface area contributed by atoms with Gasteiger partial charge in [-0.2, -0.15) is 0 Å². The molecule has 5 saturated carbocycles. The first kappa shape index (κ1) is 15.5. The highest BCUT2D eigenvalue weighted by molar-refractivity contribution is 6.63. The monoisotopic (exact) mass is 422 g/mol. The molecular formula is C14H12Cl6O2. The highest BCUT2D eigenvalue weighted by Crippen LogP contribution is 2.91. The fourth-order valence-corrected chi connectivity index (χ4v) is 10.9. The van der Waals surface area contributed by atoms with Crippen LogP contribution in [-0.2, 0) is 9.53 Å². The van der Waals surface area contributed by atoms with Crippen molar-refractivity contribution in [3.63, 3.8) is 0 Å². The number of carbonyl (C=O) groups excluding carboxylic acids is 1. The molecule has 5 rings (SSSR count). The van der Waals surface area contributed by atoms with Crippen molar-refractivity contribution in [1.82, 2.24) is 0 Å². The first-order valence-electron chi connectivity index (χ1n) is 7.32. The van der Waals surface area contributed by atoms with Crippen molar-refractivity contribution in [3.05, 3.63) is 0 Å². The number of halogens is 6. The predicted octanol–water partition coefficient (Wildman–Crippen LogP) is 4.17. The van der Waals surface area contributed by atoms with Crippen LogP contribution in [0.4, 0.5) is 0 Å². The molecule has 1 unspecified atom stereocenters. The molecule has 0 aromatic carbocycles. The second-order valence-electron chi connectivity index (χ2n) is 7.40. The van der Waals surface area contributed by atoms with Crippen LogP contribution in [0.2, 0.25) is 0 Å². The Labute approximate surface area is 158 Å². The predicted molar refractivity (Wildman–Crippen MR) is 87.5 cm³/mol. The fourth-order valence-electron chi connectivity index (χ4n) is 6.80. The van der Waals surface area contributed by atoms with Crippen LogP contribution in [-0.4, -0.2) is 36.4 Å². The lowest BCUT2D eigenvalue weighted by Crippen LogP contribution is -2.54. The molecule has 0 spiro atoms. The van der Waals surface area contributed by atoms with Gasteiger partial charge in [-0.3, -0.25) is 4.79 Å². The Kier molecular flexibility index (Phi) is 2.68. The molecule has 10 atom stereocenters. The van der Waals surface area contributed by atoms with E-state index in [-0.39, 0.29) is 41.7 Å². The molecule has 22 heavy (non-hydrogen) atoms. The number of alkyl halides is 6. The van der Waals surface area contributed by atoms with Gasteiger partial charge in [0.2, 0.25) is 0 Å². The van der Waals surface area contributed by atoms with Gasteiger partial charge in [-0.15, -0.1) is 46.4 Å². The summed E-state index contributed by atoms with van der Waals surface area (Å²) in [7, 11) is 0. The zero-order valence-corrected chi connectivity index (χ0v) is 15.9. The summed E-state index contributed by atoms with van der Waals surface area (Å²) in [6, 6.07) is 0. The smallest absolute Gasteiger partial charge is 0.302 e. The topological polar surface area (TPSA) is 26.3 Å². The lowest BCUT2D eigenvalue weighted by molar-refractivity contribution is -0.152. The van der Waals surface area contributed by atoms with Gasteiger partial charge >= 0.3 is 5.97 Å². The van der Waals surface area contributed by atoms with E-state index in [2.05, 4.69) is 0 Å². The Balaban J connectivity index is 1.79. The second kappa shape index (κ2) is 3.81. The van der Waals surface area contributed by atoms with Gasteiger partial charge in [0.05, 0.1) is 10.3 Å². The molecule has 0 heterocycles. The van der Waals surface area contributed by atoms with Crippen LogP contribution >= 0.6 is 69.6 Å². The van der Waals surface area contributed by atoms with E-state index in [1.54, 1.807) is 0 Å². The summed E-state index contributed by atoms with van der Waals surface area (Å²) in [5, 5.41) is -0.671. The summed E-state index contributed by atoms with van der Waals surface area (Å²) in [5.41, 5.74) is 0. The highest BCUT2D eigenvalue weighted by Gasteiger charge is 3.00. The second-order valence-corrected chi connectivity index (χ2v) is 11.0. The van der Waals surface area contributed by atoms with Gasteiger partial charge in [0.25, 0.3) is 0 Å². The van der Waals surface area contributed by atoms with Gasteiger partial charge in [-0.25, -0.2) is 0 Å². The molecule has 5 aliphatic rings. The molecule has 0 amide bonds. The van der Waals surface area contributed by atoms with E-state index in [9.17, 15) is 4.79 Å². The van der Waals surface area contributed by atoms with Crippen LogP contribution in [0, 0.1) is 29.6 Å². The number of hydrogen-bond donors (Lipinski definition) is 0.